The molecule has 1 aliphatic rings. The highest BCUT2D eigenvalue weighted by atomic mass is 16.5. The predicted molar refractivity (Wildman–Crippen MR) is 142 cm³/mol. The number of nitrogens with zero attached hydrogens (tertiary/aromatic N) is 4. The van der Waals surface area contributed by atoms with Gasteiger partial charge in [0.15, 0.2) is 0 Å². The average Bonchev–Trinajstić information content (AvgIpc) is 3.55. The van der Waals surface area contributed by atoms with Crippen molar-refractivity contribution in [1.82, 2.24) is 19.4 Å². The van der Waals surface area contributed by atoms with Gasteiger partial charge in [0.2, 0.25) is 0 Å². The zero-order valence-electron chi connectivity index (χ0n) is 21.0. The van der Waals surface area contributed by atoms with Crippen LogP contribution in [0.2, 0.25) is 0 Å². The number of aryl methyl sites for hydroxylation is 2. The molecule has 5 rings (SSSR count). The number of hydrogen-bond donors (Lipinski definition) is 1. The van der Waals surface area contributed by atoms with E-state index in [1.54, 1.807) is 61.3 Å². The molecule has 0 spiro atoms. The maximum atomic E-state index is 13.2. The second-order valence-corrected chi connectivity index (χ2v) is 9.23. The average molecular weight is 509 g/mol. The third-order valence-electron chi connectivity index (χ3n) is 6.55. The Labute approximate surface area is 220 Å². The molecule has 0 aliphatic carbocycles. The number of Topliss-reactive ketones (excluding diaryl/α,β-unsaturated/α-hetero) is 1. The van der Waals surface area contributed by atoms with Crippen molar-refractivity contribution >= 4 is 17.4 Å². The van der Waals surface area contributed by atoms with Gasteiger partial charge in [0.25, 0.3) is 11.7 Å². The van der Waals surface area contributed by atoms with Gasteiger partial charge in [-0.3, -0.25) is 14.6 Å². The Morgan fingerprint density at radius 2 is 1.76 bits per heavy atom. The summed E-state index contributed by atoms with van der Waals surface area (Å²) in [4.78, 5) is 35.9. The molecule has 0 saturated carbocycles. The van der Waals surface area contributed by atoms with Crippen LogP contribution in [-0.4, -0.2) is 42.8 Å². The number of pyridine rings is 1. The second-order valence-electron chi connectivity index (χ2n) is 9.23. The Balaban J connectivity index is 1.39. The van der Waals surface area contributed by atoms with Gasteiger partial charge in [0.05, 0.1) is 17.9 Å². The minimum Gasteiger partial charge on any atom is -0.507 e. The van der Waals surface area contributed by atoms with Crippen molar-refractivity contribution in [2.24, 2.45) is 0 Å². The van der Waals surface area contributed by atoms with Crippen molar-refractivity contribution in [3.63, 3.8) is 0 Å². The highest BCUT2D eigenvalue weighted by Crippen LogP contribution is 2.39. The minimum atomic E-state index is -0.710. The van der Waals surface area contributed by atoms with Crippen molar-refractivity contribution in [3.05, 3.63) is 120 Å². The maximum Gasteiger partial charge on any atom is 0.295 e. The molecule has 1 fully saturated rings. The number of benzene rings is 2. The Kier molecular flexibility index (Phi) is 7.31. The SMILES string of the molecule is Cc1cccc(COc2ccc(/C(O)=C3\C(=O)C(=O)N(CCCn4ccnc4)C3c3ccncc3)cc2)c1. The summed E-state index contributed by atoms with van der Waals surface area (Å²) in [6, 6.07) is 17.8. The molecule has 0 bridgehead atoms. The van der Waals surface area contributed by atoms with E-state index in [-0.39, 0.29) is 11.3 Å². The molecule has 1 aliphatic heterocycles. The van der Waals surface area contributed by atoms with Crippen molar-refractivity contribution < 1.29 is 19.4 Å². The summed E-state index contributed by atoms with van der Waals surface area (Å²) in [6.45, 7) is 3.44. The van der Waals surface area contributed by atoms with E-state index < -0.39 is 17.7 Å². The number of amides is 1. The van der Waals surface area contributed by atoms with Gasteiger partial charge in [-0.2, -0.15) is 0 Å². The molecule has 2 aromatic carbocycles. The lowest BCUT2D eigenvalue weighted by molar-refractivity contribution is -0.139. The third kappa shape index (κ3) is 5.34. The van der Waals surface area contributed by atoms with E-state index in [1.165, 1.54) is 4.90 Å². The lowest BCUT2D eigenvalue weighted by atomic mass is 9.96. The van der Waals surface area contributed by atoms with Crippen LogP contribution >= 0.6 is 0 Å². The summed E-state index contributed by atoms with van der Waals surface area (Å²) in [5.74, 6) is -0.912. The van der Waals surface area contributed by atoms with Crippen LogP contribution in [0.25, 0.3) is 5.76 Å². The summed E-state index contributed by atoms with van der Waals surface area (Å²) in [5, 5.41) is 11.3. The van der Waals surface area contributed by atoms with E-state index >= 15 is 0 Å². The first kappa shape index (κ1) is 25.0. The van der Waals surface area contributed by atoms with Crippen molar-refractivity contribution in [2.45, 2.75) is 32.5 Å². The lowest BCUT2D eigenvalue weighted by Crippen LogP contribution is -2.31. The van der Waals surface area contributed by atoms with E-state index in [0.29, 0.717) is 43.0 Å². The van der Waals surface area contributed by atoms with Gasteiger partial charge in [-0.1, -0.05) is 29.8 Å². The third-order valence-corrected chi connectivity index (χ3v) is 6.55. The number of hydrogen-bond acceptors (Lipinski definition) is 6. The molecule has 3 heterocycles. The molecule has 2 aromatic heterocycles. The molecule has 8 heteroatoms. The molecule has 1 amide bonds. The molecule has 1 saturated heterocycles. The Hall–Kier alpha value is -4.72. The number of ether oxygens (including phenoxy) is 1. The summed E-state index contributed by atoms with van der Waals surface area (Å²) < 4.78 is 7.80. The number of imidazole rings is 1. The molecule has 8 nitrogen and oxygen atoms in total. The molecule has 1 atom stereocenters. The van der Waals surface area contributed by atoms with Gasteiger partial charge in [-0.25, -0.2) is 4.98 Å². The monoisotopic (exact) mass is 508 g/mol. The fourth-order valence-corrected chi connectivity index (χ4v) is 4.68. The predicted octanol–water partition coefficient (Wildman–Crippen LogP) is 4.68. The highest BCUT2D eigenvalue weighted by molar-refractivity contribution is 6.46. The molecule has 38 heavy (non-hydrogen) atoms. The maximum absolute atomic E-state index is 13.2. The Bertz CT molecular complexity index is 1450. The minimum absolute atomic E-state index is 0.0669. The van der Waals surface area contributed by atoms with Crippen molar-refractivity contribution in [2.75, 3.05) is 6.54 Å². The van der Waals surface area contributed by atoms with Crippen LogP contribution < -0.4 is 4.74 Å². The first-order chi connectivity index (χ1) is 18.5. The molecule has 4 aromatic rings. The summed E-state index contributed by atoms with van der Waals surface area (Å²) in [7, 11) is 0. The van der Waals surface area contributed by atoms with Crippen LogP contribution in [-0.2, 0) is 22.7 Å². The van der Waals surface area contributed by atoms with Crippen LogP contribution in [0.1, 0.15) is 34.7 Å². The standard InChI is InChI=1S/C30H28N4O4/c1-21-4-2-5-22(18-21)19-38-25-8-6-24(7-9-25)28(35)26-27(23-10-12-31-13-11-23)34(30(37)29(26)36)16-3-15-33-17-14-32-20-33/h2,4-14,17-18,20,27,35H,3,15-16,19H2,1H3/b28-26+. The van der Waals surface area contributed by atoms with E-state index in [0.717, 1.165) is 11.1 Å². The summed E-state index contributed by atoms with van der Waals surface area (Å²) in [5.41, 5.74) is 3.43. The fraction of sp³-hybridized carbons (Fsp3) is 0.200. The molecule has 0 radical (unpaired) electrons. The van der Waals surface area contributed by atoms with Gasteiger partial charge in [0.1, 0.15) is 18.1 Å². The number of rotatable bonds is 9. The molecule has 1 N–H and O–H groups in total. The zero-order chi connectivity index (χ0) is 26.5. The number of ketones is 1. The molecular formula is C30H28N4O4. The molecular weight excluding hydrogens is 480 g/mol. The van der Waals surface area contributed by atoms with E-state index in [9.17, 15) is 14.7 Å². The Morgan fingerprint density at radius 3 is 2.47 bits per heavy atom. The largest absolute Gasteiger partial charge is 0.507 e. The van der Waals surface area contributed by atoms with Crippen LogP contribution in [0, 0.1) is 6.92 Å². The number of carbonyl (C=O) groups is 2. The van der Waals surface area contributed by atoms with Gasteiger partial charge in [-0.05, 0) is 60.9 Å². The van der Waals surface area contributed by atoms with Gasteiger partial charge >= 0.3 is 0 Å². The van der Waals surface area contributed by atoms with E-state index in [4.69, 9.17) is 4.74 Å². The van der Waals surface area contributed by atoms with Crippen LogP contribution in [0.3, 0.4) is 0 Å². The first-order valence-corrected chi connectivity index (χ1v) is 12.4. The first-order valence-electron chi connectivity index (χ1n) is 12.4. The van der Waals surface area contributed by atoms with Crippen molar-refractivity contribution in [1.29, 1.82) is 0 Å². The zero-order valence-corrected chi connectivity index (χ0v) is 21.0. The summed E-state index contributed by atoms with van der Waals surface area (Å²) in [6.07, 6.45) is 9.11. The van der Waals surface area contributed by atoms with Crippen LogP contribution in [0.5, 0.6) is 5.75 Å². The number of likely N-dealkylation sites (tertiary alicyclic amines) is 1. The number of aliphatic hydroxyl groups excluding tert-OH is 1. The molecule has 1 unspecified atom stereocenters. The number of aromatic nitrogens is 3. The van der Waals surface area contributed by atoms with Crippen LogP contribution in [0.4, 0.5) is 0 Å². The highest BCUT2D eigenvalue weighted by Gasteiger charge is 2.45. The normalized spacial score (nSPS) is 16.7. The van der Waals surface area contributed by atoms with Crippen LogP contribution in [0.15, 0.2) is 97.4 Å². The lowest BCUT2D eigenvalue weighted by Gasteiger charge is -2.25. The number of aliphatic hydroxyl groups is 1. The molecule has 192 valence electrons. The van der Waals surface area contributed by atoms with E-state index in [2.05, 4.69) is 16.0 Å². The van der Waals surface area contributed by atoms with Crippen molar-refractivity contribution in [3.8, 4) is 5.75 Å². The van der Waals surface area contributed by atoms with Gasteiger partial charge in [-0.15, -0.1) is 0 Å². The summed E-state index contributed by atoms with van der Waals surface area (Å²) >= 11 is 0. The topological polar surface area (TPSA) is 97.6 Å². The Morgan fingerprint density at radius 1 is 0.974 bits per heavy atom. The smallest absolute Gasteiger partial charge is 0.295 e. The quantitative estimate of drug-likeness (QED) is 0.200. The number of carbonyl (C=O) groups excluding carboxylic acids is 2. The van der Waals surface area contributed by atoms with Gasteiger partial charge in [0, 0.05) is 43.4 Å². The fourth-order valence-electron chi connectivity index (χ4n) is 4.68. The van der Waals surface area contributed by atoms with E-state index in [1.807, 2.05) is 35.9 Å². The second kappa shape index (κ2) is 11.1. The van der Waals surface area contributed by atoms with Gasteiger partial charge < -0.3 is 19.3 Å².